The van der Waals surface area contributed by atoms with Crippen LogP contribution in [-0.4, -0.2) is 86.9 Å². The lowest BCUT2D eigenvalue weighted by atomic mass is 10.1. The summed E-state index contributed by atoms with van der Waals surface area (Å²) in [5.41, 5.74) is 20.3. The molecule has 2 aromatic heterocycles. The number of nitrogens with two attached hydrogens (primary N) is 1. The average Bonchev–Trinajstić information content (AvgIpc) is 1.67. The number of hydrogen-bond donors (Lipinski definition) is 9. The number of rotatable bonds is 14. The fourth-order valence-electron chi connectivity index (χ4n) is 7.76. The van der Waals surface area contributed by atoms with Crippen LogP contribution in [-0.2, 0) is 4.57 Å². The maximum Gasteiger partial charge on any atom is 0.339 e. The van der Waals surface area contributed by atoms with E-state index in [1.807, 2.05) is 132 Å². The van der Waals surface area contributed by atoms with Crippen LogP contribution in [0.5, 0.6) is 0 Å². The van der Waals surface area contributed by atoms with Crippen LogP contribution in [0.15, 0.2) is 212 Å². The Bertz CT molecular complexity index is 4290. The Morgan fingerprint density at radius 1 is 0.510 bits per heavy atom. The molecule has 98 heavy (non-hydrogen) atoms. The van der Waals surface area contributed by atoms with Gasteiger partial charge in [0.05, 0.1) is 56.2 Å². The van der Waals surface area contributed by atoms with Crippen molar-refractivity contribution in [1.82, 2.24) is 24.6 Å². The molecule has 0 fully saturated rings. The fraction of sp³-hybridized carbons (Fsp3) is 0.127. The average molecular weight is 1430 g/mol. The largest absolute Gasteiger partial charge is 0.478 e. The monoisotopic (exact) mass is 1430 g/mol. The highest BCUT2D eigenvalue weighted by Crippen LogP contribution is 2.61. The molecule has 0 spiro atoms. The first-order valence-corrected chi connectivity index (χ1v) is 32.5. The Hall–Kier alpha value is -10.6. The number of carbonyl (C=O) groups is 6. The summed E-state index contributed by atoms with van der Waals surface area (Å²) in [5.74, 6) is 1.38. The predicted octanol–water partition coefficient (Wildman–Crippen LogP) is 18.0. The van der Waals surface area contributed by atoms with E-state index in [0.29, 0.717) is 39.6 Å². The van der Waals surface area contributed by atoms with E-state index in [4.69, 9.17) is 31.5 Å². The molecule has 0 atom stereocenters. The Labute approximate surface area is 588 Å². The Balaban J connectivity index is 0.000000608. The fourth-order valence-corrected chi connectivity index (χ4v) is 7.76. The van der Waals surface area contributed by atoms with Gasteiger partial charge in [-0.3, -0.25) is 25.4 Å². The molecule has 22 nitrogen and oxygen atoms in total. The first kappa shape index (κ1) is 85.4. The van der Waals surface area contributed by atoms with Gasteiger partial charge in [-0.05, 0) is 178 Å². The van der Waals surface area contributed by atoms with Crippen molar-refractivity contribution >= 4 is 104 Å². The van der Waals surface area contributed by atoms with Gasteiger partial charge in [0.2, 0.25) is 0 Å². The zero-order valence-corrected chi connectivity index (χ0v) is 55.4. The van der Waals surface area contributed by atoms with Gasteiger partial charge in [0.15, 0.2) is 12.1 Å². The third-order valence-corrected chi connectivity index (χ3v) is 12.8. The van der Waals surface area contributed by atoms with Gasteiger partial charge in [0.1, 0.15) is 17.5 Å². The van der Waals surface area contributed by atoms with Crippen LogP contribution >= 0.6 is 50.7 Å². The van der Waals surface area contributed by atoms with E-state index in [0.717, 1.165) is 51.1 Å². The second-order valence-electron chi connectivity index (χ2n) is 19.9. The topological polar surface area (TPSA) is 355 Å². The molecule has 0 bridgehead atoms. The summed E-state index contributed by atoms with van der Waals surface area (Å²) in [7, 11) is 0. The number of nitrogens with one attached hydrogen (secondary N) is 3. The number of aldehydes is 1. The number of carboxylic acids is 4. The molecule has 10 N–H and O–H groups in total. The van der Waals surface area contributed by atoms with E-state index < -0.39 is 29.1 Å². The second kappa shape index (κ2) is 42.8. The molecule has 0 unspecified atom stereocenters. The first-order valence-electron chi connectivity index (χ1n) is 27.7. The van der Waals surface area contributed by atoms with Crippen LogP contribution in [0, 0.1) is 39.0 Å². The molecule has 8 aromatic carbocycles. The van der Waals surface area contributed by atoms with Gasteiger partial charge in [0.25, 0.3) is 0 Å². The summed E-state index contributed by atoms with van der Waals surface area (Å²) < 4.78 is 12.7. The minimum atomic E-state index is -3.22. The lowest BCUT2D eigenvalue weighted by Gasteiger charge is -2.04. The Kier molecular flexibility index (Phi) is 37.3. The second-order valence-corrected chi connectivity index (χ2v) is 26.7. The lowest BCUT2D eigenvalue weighted by molar-refractivity contribution is 0.0686. The SMILES string of the molecule is C.C.C.C/C(=N\Nc1ccc(C(=O)O)cc1)c1ccc(C)cc1.CC(=O)c1ccc(C)cc1.Cc1ccc(-c2nn(-c3ccc(C(=O)O)cc3)cc2C#N)cc1.Cc1ccc(-c2nn(-c3ccc(C(=O)O)cc3)cc2C=O)cc1.NNc1ccc(C(=O)O)cc1.O=P(Cl)(Cl)Cl.ONCl. The third kappa shape index (κ3) is 29.2. The molecule has 10 rings (SSSR count). The maximum atomic E-state index is 11.3. The van der Waals surface area contributed by atoms with Gasteiger partial charge in [-0.15, -0.1) is 5.00 Å². The molecule has 0 aliphatic heterocycles. The molecule has 0 radical (unpaired) electrons. The minimum absolute atomic E-state index is 0. The molecule has 10 aromatic rings. The normalized spacial score (nSPS) is 9.93. The number of Topliss-reactive ketones (excluding diaryl/α,β-unsaturated/α-hetero) is 1. The molecular formula is C71H75Cl4N10O12P. The number of nitriles is 1. The molecule has 0 saturated heterocycles. The van der Waals surface area contributed by atoms with Crippen molar-refractivity contribution in [3.05, 3.63) is 273 Å². The number of nitrogen functional groups attached to an aromatic ring is 1. The molecule has 27 heteroatoms. The van der Waals surface area contributed by atoms with Gasteiger partial charge in [0, 0.05) is 46.5 Å². The molecule has 0 aliphatic rings. The number of ketones is 1. The number of carbonyl (C=O) groups excluding carboxylic acids is 2. The smallest absolute Gasteiger partial charge is 0.339 e. The molecule has 0 amide bonds. The number of anilines is 2. The summed E-state index contributed by atoms with van der Waals surface area (Å²) in [6, 6.07) is 58.7. The maximum absolute atomic E-state index is 11.3. The highest BCUT2D eigenvalue weighted by molar-refractivity contribution is 8.24. The number of nitrogens with zero attached hydrogens (tertiary/aromatic N) is 6. The van der Waals surface area contributed by atoms with Crippen LogP contribution < -0.4 is 21.7 Å². The zero-order valence-electron chi connectivity index (χ0n) is 51.5. The molecule has 0 aliphatic carbocycles. The van der Waals surface area contributed by atoms with Crippen LogP contribution in [0.3, 0.4) is 0 Å². The Morgan fingerprint density at radius 3 is 1.13 bits per heavy atom. The van der Waals surface area contributed by atoms with Gasteiger partial charge in [-0.2, -0.15) is 20.6 Å². The van der Waals surface area contributed by atoms with E-state index in [-0.39, 0.29) is 50.3 Å². The van der Waals surface area contributed by atoms with E-state index in [1.54, 1.807) is 89.3 Å². The summed E-state index contributed by atoms with van der Waals surface area (Å²) in [6.07, 6.45) is 4.05. The standard InChI is InChI=1S/C18H13N3O2.C18H14N2O3.C16H16N2O2.C9H10O.C7H8N2O2.3CH4.Cl3OP.ClH2NO/c1-12-2-4-13(5-3-12)17-15(10-19)11-21(20-17)16-8-6-14(7-9-16)18(22)23;1-12-2-4-13(5-3-12)17-15(11-21)10-20(19-17)16-8-6-14(7-9-16)18(22)23;1-11-3-5-13(6-4-11)12(2)17-18-15-9-7-14(8-10-15)16(19)20;1-7-3-5-9(6-4-7)8(2)10;8-9-6-3-1-5(2-4-6)7(10)11;;;;1-5(2,3)4;1-2-3/h2-9,11H,1H3,(H,22,23);2-11H,1H3,(H,22,23);3-10,18H,1-2H3,(H,19,20);3-6H,1-2H3;1-4,9H,8H2,(H,10,11);3*1H4;;2-3H/b;;17-12+;;;;;;;. The molecular weight excluding hydrogens is 1360 g/mol. The number of benzene rings is 8. The number of aromatic nitrogens is 4. The van der Waals surface area contributed by atoms with Crippen molar-refractivity contribution in [1.29, 1.82) is 5.26 Å². The van der Waals surface area contributed by atoms with Crippen molar-refractivity contribution in [2.45, 2.75) is 63.8 Å². The zero-order chi connectivity index (χ0) is 70.4. The van der Waals surface area contributed by atoms with Gasteiger partial charge in [-0.1, -0.05) is 142 Å². The van der Waals surface area contributed by atoms with Crippen LogP contribution in [0.1, 0.15) is 132 Å². The molecule has 2 heterocycles. The lowest BCUT2D eigenvalue weighted by Crippen LogP contribution is -2.06. The number of hydrogen-bond acceptors (Lipinski definition) is 16. The van der Waals surface area contributed by atoms with Crippen molar-refractivity contribution in [2.75, 3.05) is 10.9 Å². The third-order valence-electron chi connectivity index (χ3n) is 12.8. The number of carboxylic acid groups (broad SMARTS) is 4. The van der Waals surface area contributed by atoms with E-state index in [2.05, 4.69) is 77.7 Å². The number of halogens is 4. The van der Waals surface area contributed by atoms with Gasteiger partial charge >= 0.3 is 29.1 Å². The van der Waals surface area contributed by atoms with Crippen LogP contribution in [0.4, 0.5) is 11.4 Å². The Morgan fingerprint density at radius 2 is 0.806 bits per heavy atom. The number of aromatic carboxylic acids is 4. The number of aryl methyl sites for hydroxylation is 4. The number of hydrazone groups is 1. The predicted molar refractivity (Wildman–Crippen MR) is 390 cm³/mol. The van der Waals surface area contributed by atoms with Crippen molar-refractivity contribution in [3.63, 3.8) is 0 Å². The summed E-state index contributed by atoms with van der Waals surface area (Å²) in [4.78, 5) is 66.2. The van der Waals surface area contributed by atoms with Crippen molar-refractivity contribution in [3.8, 4) is 40.0 Å². The molecule has 514 valence electrons. The van der Waals surface area contributed by atoms with Crippen molar-refractivity contribution < 1.29 is 59.0 Å². The van der Waals surface area contributed by atoms with Gasteiger partial charge in [-0.25, -0.2) is 28.5 Å². The summed E-state index contributed by atoms with van der Waals surface area (Å²) in [5, 5.41) is 61.6. The quantitative estimate of drug-likeness (QED) is 0.00928. The van der Waals surface area contributed by atoms with E-state index in [9.17, 15) is 38.6 Å². The van der Waals surface area contributed by atoms with Gasteiger partial charge < -0.3 is 31.1 Å². The van der Waals surface area contributed by atoms with E-state index in [1.165, 1.54) is 52.5 Å². The summed E-state index contributed by atoms with van der Waals surface area (Å²) >= 11 is 18.2. The summed E-state index contributed by atoms with van der Waals surface area (Å²) in [6.45, 7) is 11.5. The van der Waals surface area contributed by atoms with Crippen LogP contribution in [0.25, 0.3) is 33.9 Å². The van der Waals surface area contributed by atoms with Crippen molar-refractivity contribution in [2.24, 2.45) is 10.9 Å². The highest BCUT2D eigenvalue weighted by atomic mass is 36.0. The molecule has 0 saturated carbocycles. The van der Waals surface area contributed by atoms with Crippen LogP contribution in [0.2, 0.25) is 0 Å². The minimum Gasteiger partial charge on any atom is -0.478 e. The first-order chi connectivity index (χ1) is 45.1. The van der Waals surface area contributed by atoms with E-state index >= 15 is 0 Å². The highest BCUT2D eigenvalue weighted by Gasteiger charge is 2.15. The number of hydrazine groups is 1.